The maximum absolute atomic E-state index is 13.4. The number of nitrogens with zero attached hydrogens (tertiary/aromatic N) is 2. The predicted molar refractivity (Wildman–Crippen MR) is 126 cm³/mol. The molecule has 0 radical (unpaired) electrons. The van der Waals surface area contributed by atoms with Gasteiger partial charge in [-0.25, -0.2) is 0 Å². The van der Waals surface area contributed by atoms with Crippen LogP contribution in [0.15, 0.2) is 36.4 Å². The van der Waals surface area contributed by atoms with Gasteiger partial charge in [-0.3, -0.25) is 24.1 Å². The maximum Gasteiger partial charge on any atom is 0.242 e. The van der Waals surface area contributed by atoms with Gasteiger partial charge in [-0.15, -0.1) is 0 Å². The summed E-state index contributed by atoms with van der Waals surface area (Å²) in [6.45, 7) is 6.76. The highest BCUT2D eigenvalue weighted by Crippen LogP contribution is 2.35. The minimum absolute atomic E-state index is 0.00766. The first-order valence-corrected chi connectivity index (χ1v) is 12.0. The van der Waals surface area contributed by atoms with Crippen LogP contribution in [0.25, 0.3) is 0 Å². The van der Waals surface area contributed by atoms with Crippen LogP contribution in [0.2, 0.25) is 0 Å². The van der Waals surface area contributed by atoms with Crippen molar-refractivity contribution in [1.29, 1.82) is 0 Å². The first kappa shape index (κ1) is 24.7. The SMILES string of the molecule is CCCNC(=O)C(CC)N(Cc1cccc(C)c1)C(=O)CCN1C(=O)[C@H]2CC=CC[C@H]2C1=O. The summed E-state index contributed by atoms with van der Waals surface area (Å²) >= 11 is 0. The number of likely N-dealkylation sites (tertiary alicyclic amines) is 1. The lowest BCUT2D eigenvalue weighted by Gasteiger charge is -2.31. The van der Waals surface area contributed by atoms with E-state index in [4.69, 9.17) is 0 Å². The zero-order valence-electron chi connectivity index (χ0n) is 19.9. The summed E-state index contributed by atoms with van der Waals surface area (Å²) in [7, 11) is 0. The Bertz CT molecular complexity index is 900. The molecule has 0 spiro atoms. The lowest BCUT2D eigenvalue weighted by molar-refractivity contribution is -0.144. The number of aryl methyl sites for hydroxylation is 1. The molecule has 1 saturated heterocycles. The Kier molecular flexibility index (Phi) is 8.42. The molecule has 4 amide bonds. The average Bonchev–Trinajstić information content (AvgIpc) is 3.05. The molecule has 1 unspecified atom stereocenters. The number of nitrogens with one attached hydrogen (secondary N) is 1. The second-order valence-electron chi connectivity index (χ2n) is 8.96. The van der Waals surface area contributed by atoms with E-state index >= 15 is 0 Å². The Balaban J connectivity index is 1.74. The van der Waals surface area contributed by atoms with Crippen molar-refractivity contribution in [1.82, 2.24) is 15.1 Å². The number of carbonyl (C=O) groups excluding carboxylic acids is 4. The van der Waals surface area contributed by atoms with E-state index in [-0.39, 0.29) is 48.4 Å². The van der Waals surface area contributed by atoms with Gasteiger partial charge in [0.2, 0.25) is 23.6 Å². The number of hydrogen-bond donors (Lipinski definition) is 1. The van der Waals surface area contributed by atoms with Gasteiger partial charge in [0.25, 0.3) is 0 Å². The van der Waals surface area contributed by atoms with Crippen molar-refractivity contribution >= 4 is 23.6 Å². The van der Waals surface area contributed by atoms with Gasteiger partial charge in [0.05, 0.1) is 11.8 Å². The minimum atomic E-state index is -0.610. The normalized spacial score (nSPS) is 20.5. The zero-order chi connectivity index (χ0) is 24.0. The third kappa shape index (κ3) is 5.70. The molecule has 1 aromatic carbocycles. The molecule has 0 saturated carbocycles. The smallest absolute Gasteiger partial charge is 0.242 e. The van der Waals surface area contributed by atoms with Crippen LogP contribution in [-0.4, -0.2) is 52.6 Å². The fourth-order valence-corrected chi connectivity index (χ4v) is 4.73. The van der Waals surface area contributed by atoms with Crippen LogP contribution in [0.3, 0.4) is 0 Å². The molecule has 0 aromatic heterocycles. The summed E-state index contributed by atoms with van der Waals surface area (Å²) in [5.41, 5.74) is 2.02. The number of rotatable bonds is 10. The van der Waals surface area contributed by atoms with E-state index in [0.29, 0.717) is 32.4 Å². The maximum atomic E-state index is 13.4. The van der Waals surface area contributed by atoms with Gasteiger partial charge < -0.3 is 10.2 Å². The standard InChI is InChI=1S/C26H35N3O4/c1-4-14-27-24(31)22(5-2)29(17-19-10-8-9-18(3)16-19)23(30)13-15-28-25(32)20-11-6-7-12-21(20)26(28)33/h6-10,16,20-22H,4-5,11-15,17H2,1-3H3,(H,27,31)/t20-,21+,22?. The molecule has 1 fully saturated rings. The number of carbonyl (C=O) groups is 4. The van der Waals surface area contributed by atoms with Gasteiger partial charge >= 0.3 is 0 Å². The van der Waals surface area contributed by atoms with Gasteiger partial charge in [0, 0.05) is 26.1 Å². The third-order valence-electron chi connectivity index (χ3n) is 6.52. The van der Waals surface area contributed by atoms with Crippen molar-refractivity contribution in [3.8, 4) is 0 Å². The number of fused-ring (bicyclic) bond motifs is 1. The lowest BCUT2D eigenvalue weighted by Crippen LogP contribution is -2.49. The highest BCUT2D eigenvalue weighted by Gasteiger charge is 2.47. The fraction of sp³-hybridized carbons (Fsp3) is 0.538. The van der Waals surface area contributed by atoms with Crippen molar-refractivity contribution in [2.75, 3.05) is 13.1 Å². The molecule has 2 aliphatic rings. The Morgan fingerprint density at radius 3 is 2.36 bits per heavy atom. The zero-order valence-corrected chi connectivity index (χ0v) is 19.9. The van der Waals surface area contributed by atoms with Crippen molar-refractivity contribution in [3.05, 3.63) is 47.5 Å². The number of imide groups is 1. The van der Waals surface area contributed by atoms with E-state index in [1.165, 1.54) is 4.90 Å². The average molecular weight is 454 g/mol. The second kappa shape index (κ2) is 11.3. The van der Waals surface area contributed by atoms with Crippen LogP contribution in [-0.2, 0) is 25.7 Å². The van der Waals surface area contributed by atoms with E-state index in [0.717, 1.165) is 17.5 Å². The summed E-state index contributed by atoms with van der Waals surface area (Å²) in [4.78, 5) is 54.6. The number of amides is 4. The Morgan fingerprint density at radius 2 is 1.79 bits per heavy atom. The van der Waals surface area contributed by atoms with Crippen molar-refractivity contribution in [2.24, 2.45) is 11.8 Å². The Hall–Kier alpha value is -2.96. The molecule has 3 rings (SSSR count). The van der Waals surface area contributed by atoms with Crippen LogP contribution in [0.5, 0.6) is 0 Å². The molecular formula is C26H35N3O4. The Morgan fingerprint density at radius 1 is 1.12 bits per heavy atom. The van der Waals surface area contributed by atoms with Gasteiger partial charge in [-0.05, 0) is 38.2 Å². The van der Waals surface area contributed by atoms with Gasteiger partial charge in [-0.2, -0.15) is 0 Å². The largest absolute Gasteiger partial charge is 0.354 e. The molecule has 7 nitrogen and oxygen atoms in total. The van der Waals surface area contributed by atoms with E-state index in [1.807, 2.05) is 57.2 Å². The first-order chi connectivity index (χ1) is 15.9. The van der Waals surface area contributed by atoms with Gasteiger partial charge in [-0.1, -0.05) is 55.8 Å². The fourth-order valence-electron chi connectivity index (χ4n) is 4.73. The van der Waals surface area contributed by atoms with Crippen molar-refractivity contribution < 1.29 is 19.2 Å². The quantitative estimate of drug-likeness (QED) is 0.436. The lowest BCUT2D eigenvalue weighted by atomic mass is 9.85. The molecular weight excluding hydrogens is 418 g/mol. The monoisotopic (exact) mass is 453 g/mol. The van der Waals surface area contributed by atoms with Crippen LogP contribution >= 0.6 is 0 Å². The molecule has 33 heavy (non-hydrogen) atoms. The molecule has 7 heteroatoms. The first-order valence-electron chi connectivity index (χ1n) is 12.0. The topological polar surface area (TPSA) is 86.8 Å². The summed E-state index contributed by atoms with van der Waals surface area (Å²) in [5.74, 6) is -1.37. The predicted octanol–water partition coefficient (Wildman–Crippen LogP) is 2.97. The summed E-state index contributed by atoms with van der Waals surface area (Å²) in [6.07, 6.45) is 6.35. The Labute approximate surface area is 196 Å². The molecule has 1 heterocycles. The summed E-state index contributed by atoms with van der Waals surface area (Å²) < 4.78 is 0. The molecule has 0 bridgehead atoms. The van der Waals surface area contributed by atoms with Gasteiger partial charge in [0.1, 0.15) is 6.04 Å². The highest BCUT2D eigenvalue weighted by atomic mass is 16.2. The molecule has 1 N–H and O–H groups in total. The van der Waals surface area contributed by atoms with Crippen LogP contribution in [0.4, 0.5) is 0 Å². The van der Waals surface area contributed by atoms with E-state index < -0.39 is 6.04 Å². The molecule has 178 valence electrons. The molecule has 3 atom stereocenters. The minimum Gasteiger partial charge on any atom is -0.354 e. The van der Waals surface area contributed by atoms with Crippen molar-refractivity contribution in [3.63, 3.8) is 0 Å². The van der Waals surface area contributed by atoms with Crippen molar-refractivity contribution in [2.45, 2.75) is 65.5 Å². The van der Waals surface area contributed by atoms with E-state index in [9.17, 15) is 19.2 Å². The van der Waals surface area contributed by atoms with Crippen LogP contribution in [0.1, 0.15) is 57.1 Å². The number of benzene rings is 1. The summed E-state index contributed by atoms with van der Waals surface area (Å²) in [5, 5.41) is 2.90. The number of hydrogen-bond acceptors (Lipinski definition) is 4. The highest BCUT2D eigenvalue weighted by molar-refractivity contribution is 6.05. The number of allylic oxidation sites excluding steroid dienone is 2. The van der Waals surface area contributed by atoms with Gasteiger partial charge in [0.15, 0.2) is 0 Å². The van der Waals surface area contributed by atoms with Crippen LogP contribution < -0.4 is 5.32 Å². The molecule has 1 aliphatic carbocycles. The molecule has 1 aromatic rings. The third-order valence-corrected chi connectivity index (χ3v) is 6.52. The van der Waals surface area contributed by atoms with E-state index in [1.54, 1.807) is 4.90 Å². The summed E-state index contributed by atoms with van der Waals surface area (Å²) in [6, 6.07) is 7.25. The second-order valence-corrected chi connectivity index (χ2v) is 8.96. The van der Waals surface area contributed by atoms with E-state index in [2.05, 4.69) is 5.32 Å². The molecule has 1 aliphatic heterocycles. The van der Waals surface area contributed by atoms with Crippen LogP contribution in [0, 0.1) is 18.8 Å².